The number of aromatic hydroxyl groups is 1. The lowest BCUT2D eigenvalue weighted by atomic mass is 10.0. The SMILES string of the molecule is CC(=O)O.NC(=O)[C@@H]1CCCN1C(=O)[C@H](Cc1ccccc1)NC(=O)[C@@H]1CCCN1C(=O)[C@@H](N)Cc1ccc(O)cc1. The van der Waals surface area contributed by atoms with Gasteiger partial charge in [-0.1, -0.05) is 42.5 Å². The van der Waals surface area contributed by atoms with Gasteiger partial charge in [0.1, 0.15) is 23.9 Å². The van der Waals surface area contributed by atoms with Crippen LogP contribution in [0.5, 0.6) is 5.75 Å². The van der Waals surface area contributed by atoms with Crippen molar-refractivity contribution in [2.75, 3.05) is 13.1 Å². The molecular weight excluding hydrogens is 542 g/mol. The van der Waals surface area contributed by atoms with Gasteiger partial charge in [-0.15, -0.1) is 0 Å². The molecule has 0 aliphatic carbocycles. The normalized spacial score (nSPS) is 19.3. The van der Waals surface area contributed by atoms with E-state index in [2.05, 4.69) is 5.32 Å². The Kier molecular flexibility index (Phi) is 11.4. The van der Waals surface area contributed by atoms with E-state index in [9.17, 15) is 24.3 Å². The van der Waals surface area contributed by atoms with Crippen molar-refractivity contribution in [3.63, 3.8) is 0 Å². The molecule has 7 N–H and O–H groups in total. The highest BCUT2D eigenvalue weighted by Gasteiger charge is 2.40. The molecule has 2 aliphatic rings. The number of likely N-dealkylation sites (tertiary alicyclic amines) is 2. The molecule has 2 aliphatic heterocycles. The van der Waals surface area contributed by atoms with Gasteiger partial charge in [0.2, 0.25) is 23.6 Å². The fourth-order valence-corrected chi connectivity index (χ4v) is 5.33. The van der Waals surface area contributed by atoms with Crippen LogP contribution in [-0.2, 0) is 36.8 Å². The van der Waals surface area contributed by atoms with Crippen molar-refractivity contribution in [1.82, 2.24) is 15.1 Å². The minimum absolute atomic E-state index is 0.126. The van der Waals surface area contributed by atoms with Crippen LogP contribution in [0.4, 0.5) is 0 Å². The number of rotatable bonds is 9. The fraction of sp³-hybridized carbons (Fsp3) is 0.433. The minimum atomic E-state index is -0.909. The molecule has 4 atom stereocenters. The average molecular weight is 582 g/mol. The summed E-state index contributed by atoms with van der Waals surface area (Å²) in [6.07, 6.45) is 2.77. The third-order valence-electron chi connectivity index (χ3n) is 7.31. The van der Waals surface area contributed by atoms with Gasteiger partial charge in [-0.25, -0.2) is 0 Å². The van der Waals surface area contributed by atoms with E-state index >= 15 is 0 Å². The first-order chi connectivity index (χ1) is 20.0. The number of aliphatic carboxylic acids is 1. The molecule has 42 heavy (non-hydrogen) atoms. The average Bonchev–Trinajstić information content (AvgIpc) is 3.64. The Morgan fingerprint density at radius 2 is 1.38 bits per heavy atom. The molecule has 12 nitrogen and oxygen atoms in total. The molecule has 12 heteroatoms. The maximum Gasteiger partial charge on any atom is 0.300 e. The summed E-state index contributed by atoms with van der Waals surface area (Å²) < 4.78 is 0. The topological polar surface area (TPSA) is 196 Å². The molecule has 0 radical (unpaired) electrons. The molecular formula is C30H39N5O7. The largest absolute Gasteiger partial charge is 0.508 e. The van der Waals surface area contributed by atoms with Crippen LogP contribution in [0.2, 0.25) is 0 Å². The number of carbonyl (C=O) groups excluding carboxylic acids is 4. The summed E-state index contributed by atoms with van der Waals surface area (Å²) in [5.74, 6) is -2.38. The lowest BCUT2D eigenvalue weighted by molar-refractivity contribution is -0.143. The van der Waals surface area contributed by atoms with Crippen molar-refractivity contribution >= 4 is 29.6 Å². The van der Waals surface area contributed by atoms with Crippen LogP contribution in [0, 0.1) is 0 Å². The maximum atomic E-state index is 13.6. The van der Waals surface area contributed by atoms with E-state index in [0.29, 0.717) is 38.8 Å². The van der Waals surface area contributed by atoms with E-state index in [1.807, 2.05) is 30.3 Å². The van der Waals surface area contributed by atoms with Gasteiger partial charge in [0.25, 0.3) is 5.97 Å². The van der Waals surface area contributed by atoms with Crippen molar-refractivity contribution in [2.45, 2.75) is 69.6 Å². The highest BCUT2D eigenvalue weighted by Crippen LogP contribution is 2.22. The van der Waals surface area contributed by atoms with Crippen LogP contribution in [0.25, 0.3) is 0 Å². The van der Waals surface area contributed by atoms with Gasteiger partial charge in [0.15, 0.2) is 0 Å². The van der Waals surface area contributed by atoms with E-state index in [-0.39, 0.29) is 30.4 Å². The maximum absolute atomic E-state index is 13.6. The Hall–Kier alpha value is -4.45. The Bertz CT molecular complexity index is 1250. The number of carbonyl (C=O) groups is 5. The molecule has 0 saturated carbocycles. The molecule has 4 amide bonds. The van der Waals surface area contributed by atoms with Crippen LogP contribution >= 0.6 is 0 Å². The summed E-state index contributed by atoms with van der Waals surface area (Å²) in [5, 5.41) is 19.8. The van der Waals surface area contributed by atoms with Crippen molar-refractivity contribution in [1.29, 1.82) is 0 Å². The van der Waals surface area contributed by atoms with Crippen LogP contribution in [0.3, 0.4) is 0 Å². The van der Waals surface area contributed by atoms with Crippen LogP contribution in [0.15, 0.2) is 54.6 Å². The summed E-state index contributed by atoms with van der Waals surface area (Å²) in [6, 6.07) is 12.6. The summed E-state index contributed by atoms with van der Waals surface area (Å²) in [6.45, 7) is 1.88. The molecule has 2 aromatic carbocycles. The smallest absolute Gasteiger partial charge is 0.300 e. The van der Waals surface area contributed by atoms with Gasteiger partial charge in [-0.05, 0) is 55.4 Å². The number of hydrogen-bond acceptors (Lipinski definition) is 7. The van der Waals surface area contributed by atoms with E-state index in [4.69, 9.17) is 21.4 Å². The number of nitrogens with one attached hydrogen (secondary N) is 1. The standard InChI is InChI=1S/C28H35N5O5.C2H4O2/c29-21(16-19-10-12-20(34)13-11-19)27(37)33-15-5-9-24(33)26(36)31-22(17-18-6-2-1-3-7-18)28(38)32-14-4-8-23(32)25(30)35;1-2(3)4/h1-3,6-7,10-13,21-24,34H,4-5,8-9,14-17,29H2,(H2,30,35)(H,31,36);1H3,(H,3,4)/t21-,22-,23-,24-;/m0./s1. The number of phenols is 1. The first kappa shape index (κ1) is 32.1. The molecule has 0 spiro atoms. The number of primary amides is 1. The second-order valence-corrected chi connectivity index (χ2v) is 10.5. The van der Waals surface area contributed by atoms with E-state index in [1.54, 1.807) is 12.1 Å². The zero-order valence-electron chi connectivity index (χ0n) is 23.6. The molecule has 2 fully saturated rings. The molecule has 0 bridgehead atoms. The van der Waals surface area contributed by atoms with Crippen molar-refractivity contribution < 1.29 is 34.2 Å². The summed E-state index contributed by atoms with van der Waals surface area (Å²) >= 11 is 0. The third kappa shape index (κ3) is 8.77. The van der Waals surface area contributed by atoms with Gasteiger partial charge in [0.05, 0.1) is 6.04 Å². The number of benzene rings is 2. The van der Waals surface area contributed by atoms with E-state index in [0.717, 1.165) is 18.1 Å². The van der Waals surface area contributed by atoms with Gasteiger partial charge < -0.3 is 36.8 Å². The zero-order valence-corrected chi connectivity index (χ0v) is 23.6. The van der Waals surface area contributed by atoms with E-state index in [1.165, 1.54) is 21.9 Å². The number of phenolic OH excluding ortho intramolecular Hbond substituents is 1. The molecule has 4 rings (SSSR count). The Morgan fingerprint density at radius 1 is 0.857 bits per heavy atom. The number of nitrogens with zero attached hydrogens (tertiary/aromatic N) is 2. The summed E-state index contributed by atoms with van der Waals surface area (Å²) in [5.41, 5.74) is 13.4. The van der Waals surface area contributed by atoms with Crippen LogP contribution < -0.4 is 16.8 Å². The molecule has 0 aromatic heterocycles. The van der Waals surface area contributed by atoms with Crippen molar-refractivity contribution in [3.8, 4) is 5.75 Å². The van der Waals surface area contributed by atoms with E-state index < -0.39 is 42.0 Å². The predicted octanol–water partition coefficient (Wildman–Crippen LogP) is 0.548. The lowest BCUT2D eigenvalue weighted by Gasteiger charge is -2.31. The Morgan fingerprint density at radius 3 is 1.95 bits per heavy atom. The third-order valence-corrected chi connectivity index (χ3v) is 7.31. The first-order valence-corrected chi connectivity index (χ1v) is 14.0. The quantitative estimate of drug-likeness (QED) is 0.283. The Balaban J connectivity index is 0.00000114. The number of nitrogens with two attached hydrogens (primary N) is 2. The molecule has 2 aromatic rings. The van der Waals surface area contributed by atoms with Gasteiger partial charge in [0, 0.05) is 26.4 Å². The van der Waals surface area contributed by atoms with Crippen molar-refractivity contribution in [3.05, 3.63) is 65.7 Å². The summed E-state index contributed by atoms with van der Waals surface area (Å²) in [4.78, 5) is 64.1. The van der Waals surface area contributed by atoms with Crippen LogP contribution in [0.1, 0.15) is 43.7 Å². The number of amides is 4. The second-order valence-electron chi connectivity index (χ2n) is 10.5. The molecule has 2 saturated heterocycles. The molecule has 2 heterocycles. The summed E-state index contributed by atoms with van der Waals surface area (Å²) in [7, 11) is 0. The molecule has 0 unspecified atom stereocenters. The highest BCUT2D eigenvalue weighted by atomic mass is 16.4. The highest BCUT2D eigenvalue weighted by molar-refractivity contribution is 5.95. The van der Waals surface area contributed by atoms with Gasteiger partial charge >= 0.3 is 0 Å². The lowest BCUT2D eigenvalue weighted by Crippen LogP contribution is -2.57. The number of carboxylic acid groups (broad SMARTS) is 1. The molecule has 226 valence electrons. The fourth-order valence-electron chi connectivity index (χ4n) is 5.33. The van der Waals surface area contributed by atoms with Crippen molar-refractivity contribution in [2.24, 2.45) is 11.5 Å². The second kappa shape index (κ2) is 15.0. The van der Waals surface area contributed by atoms with Crippen LogP contribution in [-0.4, -0.2) is 86.9 Å². The number of carboxylic acids is 1. The first-order valence-electron chi connectivity index (χ1n) is 14.0. The monoisotopic (exact) mass is 581 g/mol. The zero-order chi connectivity index (χ0) is 30.8. The predicted molar refractivity (Wildman–Crippen MR) is 154 cm³/mol. The van der Waals surface area contributed by atoms with Gasteiger partial charge in [-0.2, -0.15) is 0 Å². The Labute approximate surface area is 244 Å². The van der Waals surface area contributed by atoms with Gasteiger partial charge in [-0.3, -0.25) is 24.0 Å². The number of hydrogen-bond donors (Lipinski definition) is 5. The minimum Gasteiger partial charge on any atom is -0.508 e.